The average Bonchev–Trinajstić information content (AvgIpc) is 3.72. The van der Waals surface area contributed by atoms with Crippen molar-refractivity contribution in [1.29, 1.82) is 5.26 Å². The molecule has 0 radical (unpaired) electrons. The van der Waals surface area contributed by atoms with Gasteiger partial charge in [-0.1, -0.05) is 32.9 Å². The normalized spacial score (nSPS) is 19.0. The molecule has 4 aromatic rings. The number of benzene rings is 3. The number of carbonyl (C=O) groups excluding carboxylic acids is 6. The number of nitriles is 1. The van der Waals surface area contributed by atoms with Crippen molar-refractivity contribution >= 4 is 63.7 Å². The highest BCUT2D eigenvalue weighted by Crippen LogP contribution is 2.46. The Morgan fingerprint density at radius 3 is 2.53 bits per heavy atom. The van der Waals surface area contributed by atoms with Gasteiger partial charge < -0.3 is 19.9 Å². The van der Waals surface area contributed by atoms with E-state index in [-0.39, 0.29) is 54.9 Å². The van der Waals surface area contributed by atoms with Gasteiger partial charge in [-0.15, -0.1) is 11.8 Å². The Bertz CT molecular complexity index is 2440. The van der Waals surface area contributed by atoms with Crippen LogP contribution in [0.1, 0.15) is 105 Å². The summed E-state index contributed by atoms with van der Waals surface area (Å²) in [5, 5.41) is 15.6. The van der Waals surface area contributed by atoms with Gasteiger partial charge in [-0.2, -0.15) is 5.26 Å². The maximum atomic E-state index is 14.0. The van der Waals surface area contributed by atoms with Crippen molar-refractivity contribution in [1.82, 2.24) is 20.5 Å². The molecule has 13 nitrogen and oxygen atoms in total. The first-order valence-electron chi connectivity index (χ1n) is 19.3. The fraction of sp³-hybridized carbons (Fsp3) is 0.372. The number of carbonyl (C=O) groups is 6. The van der Waals surface area contributed by atoms with E-state index in [1.165, 1.54) is 11.8 Å². The highest BCUT2D eigenvalue weighted by Gasteiger charge is 2.46. The van der Waals surface area contributed by atoms with E-state index in [0.717, 1.165) is 70.7 Å². The number of rotatable bonds is 10. The molecule has 292 valence electrons. The number of H-pyrrole nitrogens is 1. The maximum Gasteiger partial charge on any atom is 0.263 e. The summed E-state index contributed by atoms with van der Waals surface area (Å²) in [6.07, 6.45) is 2.40. The van der Waals surface area contributed by atoms with Gasteiger partial charge >= 0.3 is 0 Å². The summed E-state index contributed by atoms with van der Waals surface area (Å²) in [6.45, 7) is 7.95. The van der Waals surface area contributed by atoms with Crippen LogP contribution in [0.4, 0.5) is 5.69 Å². The Labute approximate surface area is 333 Å². The molecule has 1 aliphatic carbocycles. The van der Waals surface area contributed by atoms with E-state index in [2.05, 4.69) is 59.5 Å². The summed E-state index contributed by atoms with van der Waals surface area (Å²) in [4.78, 5) is 84.8. The minimum absolute atomic E-state index is 0.00713. The van der Waals surface area contributed by atoms with Gasteiger partial charge in [0.15, 0.2) is 5.78 Å². The number of aromatic nitrogens is 1. The van der Waals surface area contributed by atoms with E-state index in [9.17, 15) is 34.0 Å². The molecule has 3 N–H and O–H groups in total. The van der Waals surface area contributed by atoms with Crippen LogP contribution < -0.4 is 15.5 Å². The van der Waals surface area contributed by atoms with Gasteiger partial charge in [0.25, 0.3) is 11.8 Å². The number of ether oxygens (including phenoxy) is 1. The molecular formula is C43H42N6O7S. The monoisotopic (exact) mass is 786 g/mol. The second kappa shape index (κ2) is 14.9. The first-order chi connectivity index (χ1) is 27.4. The van der Waals surface area contributed by atoms with Crippen LogP contribution in [0.5, 0.6) is 0 Å². The fourth-order valence-corrected chi connectivity index (χ4v) is 9.61. The molecule has 1 aromatic heterocycles. The van der Waals surface area contributed by atoms with Gasteiger partial charge in [-0.25, -0.2) is 0 Å². The highest BCUT2D eigenvalue weighted by molar-refractivity contribution is 7.99. The predicted molar refractivity (Wildman–Crippen MR) is 212 cm³/mol. The van der Waals surface area contributed by atoms with Crippen LogP contribution in [0.2, 0.25) is 0 Å². The van der Waals surface area contributed by atoms with Gasteiger partial charge in [0.1, 0.15) is 12.6 Å². The first kappa shape index (κ1) is 38.1. The van der Waals surface area contributed by atoms with Gasteiger partial charge in [0, 0.05) is 69.5 Å². The highest BCUT2D eigenvalue weighted by atomic mass is 32.2. The Balaban J connectivity index is 0.844. The van der Waals surface area contributed by atoms with Crippen LogP contribution in [-0.4, -0.2) is 89.3 Å². The number of imide groups is 2. The molecule has 2 saturated heterocycles. The lowest BCUT2D eigenvalue weighted by molar-refractivity contribution is -0.136. The molecule has 0 saturated carbocycles. The number of aryl methyl sites for hydroxylation is 1. The number of hydrogen-bond acceptors (Lipinski definition) is 10. The molecule has 8 rings (SSSR count). The lowest BCUT2D eigenvalue weighted by Crippen LogP contribution is -2.54. The zero-order valence-corrected chi connectivity index (χ0v) is 32.8. The quantitative estimate of drug-likeness (QED) is 0.115. The van der Waals surface area contributed by atoms with Crippen molar-refractivity contribution in [3.63, 3.8) is 0 Å². The van der Waals surface area contributed by atoms with Gasteiger partial charge in [0.2, 0.25) is 17.7 Å². The number of anilines is 1. The smallest absolute Gasteiger partial charge is 0.263 e. The van der Waals surface area contributed by atoms with Crippen LogP contribution in [0.15, 0.2) is 53.4 Å². The average molecular weight is 787 g/mol. The summed E-state index contributed by atoms with van der Waals surface area (Å²) in [7, 11) is 0. The molecule has 0 bridgehead atoms. The number of amides is 5. The zero-order valence-electron chi connectivity index (χ0n) is 32.0. The minimum Gasteiger partial charge on any atom is -0.371 e. The second-order valence-electron chi connectivity index (χ2n) is 15.4. The predicted octanol–water partition coefficient (Wildman–Crippen LogP) is 4.77. The molecule has 57 heavy (non-hydrogen) atoms. The molecule has 1 atom stereocenters. The second-order valence-corrected chi connectivity index (χ2v) is 16.6. The number of thioether (sulfide) groups is 1. The van der Waals surface area contributed by atoms with E-state index in [1.54, 1.807) is 30.3 Å². The Morgan fingerprint density at radius 1 is 1.00 bits per heavy atom. The third kappa shape index (κ3) is 6.68. The molecule has 3 aromatic carbocycles. The number of nitrogens with zero attached hydrogens (tertiary/aromatic N) is 3. The standard InChI is InChI=1S/C43H42N6O7S/c1-4-24-19-28-29(43(2,3)39-37(38(28)52)26-9-8-23(21-44)18-30(26)46-39)20-32(24)48-14-12-25(13-15-48)45-35(51)22-56-16-17-57-33-7-5-6-27-36(33)42(55)49(41(27)54)31-10-11-34(50)47-40(31)53/h5-9,18-20,25,31,46H,4,10-17,22H2,1-3H3,(H,45,51)(H,47,50,53). The molecule has 0 spiro atoms. The van der Waals surface area contributed by atoms with Crippen molar-refractivity contribution in [3.05, 3.63) is 93.2 Å². The van der Waals surface area contributed by atoms with E-state index in [4.69, 9.17) is 4.74 Å². The molecule has 5 amide bonds. The lowest BCUT2D eigenvalue weighted by atomic mass is 9.70. The van der Waals surface area contributed by atoms with E-state index in [0.29, 0.717) is 27.3 Å². The van der Waals surface area contributed by atoms with Crippen LogP contribution in [0.25, 0.3) is 10.9 Å². The van der Waals surface area contributed by atoms with Gasteiger partial charge in [-0.3, -0.25) is 39.0 Å². The largest absolute Gasteiger partial charge is 0.371 e. The summed E-state index contributed by atoms with van der Waals surface area (Å²) >= 11 is 1.33. The topological polar surface area (TPSA) is 182 Å². The van der Waals surface area contributed by atoms with E-state index < -0.39 is 35.1 Å². The molecular weight excluding hydrogens is 745 g/mol. The van der Waals surface area contributed by atoms with Crippen molar-refractivity contribution in [3.8, 4) is 6.07 Å². The molecule has 4 heterocycles. The Hall–Kier alpha value is -5.78. The van der Waals surface area contributed by atoms with Crippen molar-refractivity contribution in [2.75, 3.05) is 37.0 Å². The summed E-state index contributed by atoms with van der Waals surface area (Å²) in [5.41, 5.74) is 6.72. The van der Waals surface area contributed by atoms with Crippen LogP contribution in [0, 0.1) is 11.3 Å². The van der Waals surface area contributed by atoms with Crippen molar-refractivity contribution in [2.24, 2.45) is 0 Å². The van der Waals surface area contributed by atoms with Crippen LogP contribution in [-0.2, 0) is 31.0 Å². The van der Waals surface area contributed by atoms with E-state index >= 15 is 0 Å². The molecule has 3 aliphatic heterocycles. The molecule has 4 aliphatic rings. The van der Waals surface area contributed by atoms with Crippen LogP contribution >= 0.6 is 11.8 Å². The first-order valence-corrected chi connectivity index (χ1v) is 20.3. The summed E-state index contributed by atoms with van der Waals surface area (Å²) < 4.78 is 5.69. The SMILES string of the molecule is CCc1cc2c(cc1N1CCC(NC(=O)COCCSc3cccc4c3C(=O)N(C3CCC(=O)NC3=O)C4=O)CC1)C(C)(C)c1[nH]c3cc(C#N)ccc3c1C2=O. The van der Waals surface area contributed by atoms with Gasteiger partial charge in [-0.05, 0) is 73.2 Å². The zero-order chi connectivity index (χ0) is 40.2. The lowest BCUT2D eigenvalue weighted by Gasteiger charge is -2.38. The van der Waals surface area contributed by atoms with Gasteiger partial charge in [0.05, 0.1) is 34.9 Å². The Morgan fingerprint density at radius 2 is 1.79 bits per heavy atom. The van der Waals surface area contributed by atoms with Crippen molar-refractivity contribution < 1.29 is 33.5 Å². The van der Waals surface area contributed by atoms with Crippen LogP contribution in [0.3, 0.4) is 0 Å². The third-order valence-corrected chi connectivity index (χ3v) is 12.7. The fourth-order valence-electron chi connectivity index (χ4n) is 8.67. The third-order valence-electron chi connectivity index (χ3n) is 11.6. The number of hydrogen-bond donors (Lipinski definition) is 3. The number of aromatic amines is 1. The number of fused-ring (bicyclic) bond motifs is 5. The Kier molecular flexibility index (Phi) is 9.99. The summed E-state index contributed by atoms with van der Waals surface area (Å²) in [5.74, 6) is -1.99. The molecule has 14 heteroatoms. The molecule has 1 unspecified atom stereocenters. The number of ketones is 1. The molecule has 2 fully saturated rings. The van der Waals surface area contributed by atoms with Crippen molar-refractivity contribution in [2.45, 2.75) is 75.3 Å². The minimum atomic E-state index is -1.03. The maximum absolute atomic E-state index is 14.0. The van der Waals surface area contributed by atoms with E-state index in [1.807, 2.05) is 6.07 Å². The number of nitrogens with one attached hydrogen (secondary N) is 3. The number of piperidine rings is 2. The summed E-state index contributed by atoms with van der Waals surface area (Å²) in [6, 6.07) is 15.8.